The zero-order valence-electron chi connectivity index (χ0n) is 14.0. The van der Waals surface area contributed by atoms with E-state index in [9.17, 15) is 10.1 Å². The maximum Gasteiger partial charge on any atom is 0.311 e. The highest BCUT2D eigenvalue weighted by Crippen LogP contribution is 2.34. The highest BCUT2D eigenvalue weighted by atomic mass is 16.6. The Morgan fingerprint density at radius 3 is 2.54 bits per heavy atom. The minimum atomic E-state index is -0.483. The number of fused-ring (bicyclic) bond motifs is 1. The summed E-state index contributed by atoms with van der Waals surface area (Å²) in [4.78, 5) is 15.2. The van der Waals surface area contributed by atoms with E-state index < -0.39 is 4.92 Å². The lowest BCUT2D eigenvalue weighted by Crippen LogP contribution is -2.10. The van der Waals surface area contributed by atoms with E-state index in [-0.39, 0.29) is 16.9 Å². The number of methoxy groups -OCH3 is 1. The number of nitro groups is 1. The van der Waals surface area contributed by atoms with Gasteiger partial charge in [-0.25, -0.2) is 4.98 Å². The molecular formula is C18H18N2O4. The van der Waals surface area contributed by atoms with Gasteiger partial charge in [0.05, 0.1) is 12.0 Å². The number of rotatable bonds is 3. The lowest BCUT2D eigenvalue weighted by molar-refractivity contribution is -0.385. The summed E-state index contributed by atoms with van der Waals surface area (Å²) in [5, 5.41) is 11.2. The molecule has 0 atom stereocenters. The van der Waals surface area contributed by atoms with Gasteiger partial charge in [-0.15, -0.1) is 0 Å². The van der Waals surface area contributed by atoms with Crippen molar-refractivity contribution in [2.45, 2.75) is 26.2 Å². The fourth-order valence-corrected chi connectivity index (χ4v) is 2.48. The Kier molecular flexibility index (Phi) is 3.75. The first kappa shape index (κ1) is 16.0. The first-order valence-electron chi connectivity index (χ1n) is 7.53. The molecule has 0 spiro atoms. The van der Waals surface area contributed by atoms with Crippen LogP contribution in [0.4, 0.5) is 5.69 Å². The van der Waals surface area contributed by atoms with Crippen LogP contribution >= 0.6 is 0 Å². The topological polar surface area (TPSA) is 78.4 Å². The van der Waals surface area contributed by atoms with Gasteiger partial charge in [0.1, 0.15) is 5.52 Å². The van der Waals surface area contributed by atoms with Crippen molar-refractivity contribution < 1.29 is 14.1 Å². The van der Waals surface area contributed by atoms with Crippen LogP contribution in [0.2, 0.25) is 0 Å². The molecular weight excluding hydrogens is 308 g/mol. The zero-order chi connectivity index (χ0) is 17.5. The maximum absolute atomic E-state index is 11.2. The van der Waals surface area contributed by atoms with Gasteiger partial charge >= 0.3 is 5.69 Å². The van der Waals surface area contributed by atoms with Gasteiger partial charge in [0.25, 0.3) is 0 Å². The zero-order valence-corrected chi connectivity index (χ0v) is 14.0. The lowest BCUT2D eigenvalue weighted by Gasteiger charge is -2.18. The molecule has 3 rings (SSSR count). The predicted octanol–water partition coefficient (Wildman–Crippen LogP) is 4.71. The van der Waals surface area contributed by atoms with Crippen LogP contribution in [0.3, 0.4) is 0 Å². The average molecular weight is 326 g/mol. The molecule has 0 fully saturated rings. The fourth-order valence-electron chi connectivity index (χ4n) is 2.48. The Labute approximate surface area is 139 Å². The average Bonchev–Trinajstić information content (AvgIpc) is 2.96. The van der Waals surface area contributed by atoms with Gasteiger partial charge < -0.3 is 9.15 Å². The van der Waals surface area contributed by atoms with E-state index in [0.29, 0.717) is 17.0 Å². The summed E-state index contributed by atoms with van der Waals surface area (Å²) in [5.74, 6) is 0.552. The largest absolute Gasteiger partial charge is 0.490 e. The molecule has 0 aliphatic heterocycles. The molecule has 1 heterocycles. The van der Waals surface area contributed by atoms with Crippen LogP contribution in [0.1, 0.15) is 26.3 Å². The summed E-state index contributed by atoms with van der Waals surface area (Å²) in [6.45, 7) is 6.38. The minimum absolute atomic E-state index is 0.00615. The highest BCUT2D eigenvalue weighted by Gasteiger charge is 2.19. The van der Waals surface area contributed by atoms with Crippen LogP contribution in [-0.4, -0.2) is 17.0 Å². The normalized spacial score (nSPS) is 11.7. The molecule has 1 aromatic heterocycles. The minimum Gasteiger partial charge on any atom is -0.490 e. The molecule has 124 valence electrons. The molecule has 0 aliphatic carbocycles. The number of aromatic nitrogens is 1. The molecule has 0 saturated heterocycles. The third-order valence-electron chi connectivity index (χ3n) is 3.88. The van der Waals surface area contributed by atoms with Crippen molar-refractivity contribution in [2.75, 3.05) is 7.11 Å². The van der Waals surface area contributed by atoms with Crippen molar-refractivity contribution in [2.24, 2.45) is 0 Å². The van der Waals surface area contributed by atoms with Crippen LogP contribution in [0.5, 0.6) is 5.75 Å². The van der Waals surface area contributed by atoms with Gasteiger partial charge in [0, 0.05) is 11.6 Å². The Morgan fingerprint density at radius 2 is 1.92 bits per heavy atom. The molecule has 24 heavy (non-hydrogen) atoms. The Morgan fingerprint density at radius 1 is 1.17 bits per heavy atom. The summed E-state index contributed by atoms with van der Waals surface area (Å²) in [6, 6.07) is 10.5. The van der Waals surface area contributed by atoms with Gasteiger partial charge in [-0.1, -0.05) is 26.8 Å². The molecule has 0 N–H and O–H groups in total. The van der Waals surface area contributed by atoms with E-state index in [2.05, 4.69) is 25.8 Å². The summed E-state index contributed by atoms with van der Waals surface area (Å²) >= 11 is 0. The van der Waals surface area contributed by atoms with E-state index in [1.807, 2.05) is 18.2 Å². The van der Waals surface area contributed by atoms with E-state index in [4.69, 9.17) is 9.15 Å². The van der Waals surface area contributed by atoms with Crippen LogP contribution in [-0.2, 0) is 5.41 Å². The monoisotopic (exact) mass is 326 g/mol. The molecule has 0 aliphatic rings. The lowest BCUT2D eigenvalue weighted by atomic mass is 9.87. The molecule has 6 heteroatoms. The van der Waals surface area contributed by atoms with Crippen molar-refractivity contribution in [3.63, 3.8) is 0 Å². The van der Waals surface area contributed by atoms with Gasteiger partial charge in [-0.3, -0.25) is 10.1 Å². The van der Waals surface area contributed by atoms with E-state index in [0.717, 1.165) is 11.1 Å². The number of benzene rings is 2. The molecule has 0 saturated carbocycles. The van der Waals surface area contributed by atoms with Gasteiger partial charge in [0.15, 0.2) is 11.3 Å². The van der Waals surface area contributed by atoms with E-state index in [1.54, 1.807) is 12.1 Å². The quantitative estimate of drug-likeness (QED) is 0.514. The van der Waals surface area contributed by atoms with Crippen LogP contribution in [0.15, 0.2) is 40.8 Å². The van der Waals surface area contributed by atoms with Crippen molar-refractivity contribution >= 4 is 16.8 Å². The van der Waals surface area contributed by atoms with Crippen LogP contribution in [0, 0.1) is 10.1 Å². The number of hydrogen-bond acceptors (Lipinski definition) is 5. The molecule has 0 bridgehead atoms. The summed E-state index contributed by atoms with van der Waals surface area (Å²) in [6.07, 6.45) is 0. The van der Waals surface area contributed by atoms with E-state index >= 15 is 0 Å². The first-order valence-corrected chi connectivity index (χ1v) is 7.53. The fraction of sp³-hybridized carbons (Fsp3) is 0.278. The van der Waals surface area contributed by atoms with Gasteiger partial charge in [-0.2, -0.15) is 0 Å². The Bertz CT molecular complexity index is 922. The second kappa shape index (κ2) is 5.63. The molecule has 0 unspecified atom stereocenters. The van der Waals surface area contributed by atoms with Crippen molar-refractivity contribution in [1.82, 2.24) is 4.98 Å². The van der Waals surface area contributed by atoms with Crippen molar-refractivity contribution in [1.29, 1.82) is 0 Å². The molecule has 0 radical (unpaired) electrons. The Hall–Kier alpha value is -2.89. The number of hydrogen-bond donors (Lipinski definition) is 0. The third-order valence-corrected chi connectivity index (χ3v) is 3.88. The summed E-state index contributed by atoms with van der Waals surface area (Å²) < 4.78 is 10.8. The highest BCUT2D eigenvalue weighted by molar-refractivity contribution is 5.78. The second-order valence-corrected chi connectivity index (χ2v) is 6.60. The number of nitro benzene ring substituents is 1. The van der Waals surface area contributed by atoms with Crippen LogP contribution in [0.25, 0.3) is 22.6 Å². The number of nitrogens with zero attached hydrogens (tertiary/aromatic N) is 2. The molecule has 3 aromatic rings. The summed E-state index contributed by atoms with van der Waals surface area (Å²) in [5.41, 5.74) is 2.96. The standard InChI is InChI=1S/C18H18N2O4/c1-18(2,3)12-6-8-15-13(10-12)19-17(24-15)11-5-7-16(23-4)14(9-11)20(21)22/h5-10H,1-4H3. The maximum atomic E-state index is 11.2. The smallest absolute Gasteiger partial charge is 0.311 e. The van der Waals surface area contributed by atoms with Gasteiger partial charge in [0.2, 0.25) is 5.89 Å². The predicted molar refractivity (Wildman–Crippen MR) is 91.4 cm³/mol. The van der Waals surface area contributed by atoms with Crippen molar-refractivity contribution in [3.8, 4) is 17.2 Å². The molecule has 0 amide bonds. The van der Waals surface area contributed by atoms with Gasteiger partial charge in [-0.05, 0) is 35.2 Å². The third kappa shape index (κ3) is 2.82. The number of oxazole rings is 1. The van der Waals surface area contributed by atoms with E-state index in [1.165, 1.54) is 13.2 Å². The Balaban J connectivity index is 2.10. The SMILES string of the molecule is COc1ccc(-c2nc3cc(C(C)(C)C)ccc3o2)cc1[N+](=O)[O-]. The molecule has 6 nitrogen and oxygen atoms in total. The van der Waals surface area contributed by atoms with Crippen LogP contribution < -0.4 is 4.74 Å². The van der Waals surface area contributed by atoms with Crippen molar-refractivity contribution in [3.05, 3.63) is 52.1 Å². The summed E-state index contributed by atoms with van der Waals surface area (Å²) in [7, 11) is 1.40. The number of ether oxygens (including phenoxy) is 1. The molecule has 2 aromatic carbocycles. The second-order valence-electron chi connectivity index (χ2n) is 6.60. The first-order chi connectivity index (χ1) is 11.3.